The summed E-state index contributed by atoms with van der Waals surface area (Å²) in [4.78, 5) is 20.8. The van der Waals surface area contributed by atoms with Crippen LogP contribution in [0.5, 0.6) is 0 Å². The van der Waals surface area contributed by atoms with Gasteiger partial charge < -0.3 is 40.5 Å². The molecule has 0 spiro atoms. The predicted octanol–water partition coefficient (Wildman–Crippen LogP) is 6.04. The molecule has 274 valence electrons. The molecule has 5 N–H and O–H groups in total. The van der Waals surface area contributed by atoms with Crippen LogP contribution in [0.15, 0.2) is 55.0 Å². The smallest absolute Gasteiger partial charge is 0.404 e. The van der Waals surface area contributed by atoms with Crippen LogP contribution < -0.4 is 21.3 Å². The van der Waals surface area contributed by atoms with Crippen molar-refractivity contribution in [2.24, 2.45) is 23.2 Å². The highest BCUT2D eigenvalue weighted by atomic mass is 16.7. The molecule has 3 aliphatic carbocycles. The zero-order valence-corrected chi connectivity index (χ0v) is 31.7. The number of unbranched alkanes of at least 4 members (excludes halogenated alkanes) is 1. The number of aryl methyl sites for hydroxylation is 1. The van der Waals surface area contributed by atoms with Gasteiger partial charge in [0.15, 0.2) is 0 Å². The summed E-state index contributed by atoms with van der Waals surface area (Å²) < 4.78 is 12.8. The number of aliphatic hydroxyl groups excluding tert-OH is 1. The minimum Gasteiger partial charge on any atom is -0.404 e. The number of hydrogen-bond acceptors (Lipinski definition) is 8. The van der Waals surface area contributed by atoms with Crippen LogP contribution in [0.25, 0.3) is 0 Å². The second kappa shape index (κ2) is 25.2. The summed E-state index contributed by atoms with van der Waals surface area (Å²) in [5, 5.41) is 19.4. The second-order valence-corrected chi connectivity index (χ2v) is 13.3. The van der Waals surface area contributed by atoms with E-state index < -0.39 is 0 Å². The fourth-order valence-electron chi connectivity index (χ4n) is 6.53. The van der Waals surface area contributed by atoms with Crippen molar-refractivity contribution >= 4 is 19.8 Å². The van der Waals surface area contributed by atoms with Gasteiger partial charge in [0.1, 0.15) is 6.79 Å². The van der Waals surface area contributed by atoms with Gasteiger partial charge in [0.05, 0.1) is 30.5 Å². The zero-order chi connectivity index (χ0) is 36.7. The average Bonchev–Trinajstić information content (AvgIpc) is 3.56. The minimum atomic E-state index is -0.349. The van der Waals surface area contributed by atoms with Crippen LogP contribution in [0, 0.1) is 23.2 Å². The Bertz CT molecular complexity index is 1030. The van der Waals surface area contributed by atoms with Gasteiger partial charge >= 0.3 is 7.12 Å². The van der Waals surface area contributed by atoms with Gasteiger partial charge in [-0.15, -0.1) is 0 Å². The number of carbonyl (C=O) groups excluding carboxylic acids is 2. The number of benzene rings is 1. The Morgan fingerprint density at radius 2 is 1.69 bits per heavy atom. The summed E-state index contributed by atoms with van der Waals surface area (Å²) in [7, 11) is 2.50. The van der Waals surface area contributed by atoms with Crippen molar-refractivity contribution in [3.63, 3.8) is 0 Å². The Hall–Kier alpha value is -2.82. The monoisotopic (exact) mass is 673 g/mol. The number of rotatable bonds is 16. The third kappa shape index (κ3) is 15.2. The van der Waals surface area contributed by atoms with E-state index >= 15 is 0 Å². The van der Waals surface area contributed by atoms with E-state index in [1.165, 1.54) is 12.0 Å². The average molecular weight is 673 g/mol. The largest absolute Gasteiger partial charge is 0.481 e. The van der Waals surface area contributed by atoms with Gasteiger partial charge in [0.25, 0.3) is 0 Å². The van der Waals surface area contributed by atoms with E-state index in [4.69, 9.17) is 19.2 Å². The maximum atomic E-state index is 12.8. The Morgan fingerprint density at radius 3 is 2.25 bits per heavy atom. The molecule has 1 aromatic carbocycles. The molecule has 4 fully saturated rings. The third-order valence-corrected chi connectivity index (χ3v) is 9.25. The second-order valence-electron chi connectivity index (χ2n) is 13.3. The van der Waals surface area contributed by atoms with Gasteiger partial charge in [-0.2, -0.15) is 0 Å². The molecular weight excluding hydrogens is 603 g/mol. The van der Waals surface area contributed by atoms with E-state index in [0.29, 0.717) is 17.3 Å². The lowest BCUT2D eigenvalue weighted by molar-refractivity contribution is -0.150. The molecule has 5 unspecified atom stereocenters. The van der Waals surface area contributed by atoms with Gasteiger partial charge in [0, 0.05) is 26.4 Å². The molecule has 1 aromatic rings. The molecule has 2 bridgehead atoms. The summed E-state index contributed by atoms with van der Waals surface area (Å²) in [6.07, 6.45) is 8.80. The van der Waals surface area contributed by atoms with Gasteiger partial charge in [-0.1, -0.05) is 92.0 Å². The molecule has 48 heavy (non-hydrogen) atoms. The van der Waals surface area contributed by atoms with Crippen molar-refractivity contribution in [2.75, 3.05) is 27.2 Å². The van der Waals surface area contributed by atoms with Gasteiger partial charge in [-0.3, -0.25) is 4.79 Å². The number of amides is 1. The van der Waals surface area contributed by atoms with E-state index in [-0.39, 0.29) is 37.7 Å². The standard InChI is InChI=1S/C28H43BN2O3.C6H14N2.C2H6.CH4O.CH2O/c1-19(2)15-25(29-33-24-17-22-16-23(27(24)34-29)28(22,4)5)31-26(32)18-30-20(3)11-9-10-14-21-12-7-6-8-13-21;1-4-5-8-6(2)7-3;3*1-2/h6-8,12-13,19,22-25,27,30H,3,9-11,14-18H2,1-2,4-5H3,(H,31,32);7-8H,2,4-5H2,1,3H3;1-2H3;2H,1H3;1H2. The molecular formula is C38H69BN4O5. The molecule has 1 aliphatic heterocycles. The minimum absolute atomic E-state index is 0.0252. The fraction of sp³-hybridized carbons (Fsp3) is 0.684. The van der Waals surface area contributed by atoms with Crippen LogP contribution in [-0.2, 0) is 25.3 Å². The molecule has 5 atom stereocenters. The molecule has 10 heteroatoms. The van der Waals surface area contributed by atoms with Crippen LogP contribution in [0.4, 0.5) is 0 Å². The number of allylic oxidation sites excluding steroid dienone is 1. The molecule has 5 rings (SSSR count). The first kappa shape index (κ1) is 45.2. The Morgan fingerprint density at radius 1 is 1.04 bits per heavy atom. The highest BCUT2D eigenvalue weighted by molar-refractivity contribution is 6.47. The van der Waals surface area contributed by atoms with E-state index in [1.807, 2.05) is 33.8 Å². The van der Waals surface area contributed by atoms with Crippen LogP contribution in [0.2, 0.25) is 0 Å². The summed E-state index contributed by atoms with van der Waals surface area (Å²) in [5.74, 6) is 2.50. The van der Waals surface area contributed by atoms with Gasteiger partial charge in [0.2, 0.25) is 5.91 Å². The lowest BCUT2D eigenvalue weighted by atomic mass is 9.47. The highest BCUT2D eigenvalue weighted by Crippen LogP contribution is 2.61. The first-order chi connectivity index (χ1) is 23.0. The van der Waals surface area contributed by atoms with Crippen LogP contribution in [0.3, 0.4) is 0 Å². The first-order valence-corrected chi connectivity index (χ1v) is 17.9. The fourth-order valence-corrected chi connectivity index (χ4v) is 6.53. The number of aliphatic hydroxyl groups is 1. The topological polar surface area (TPSA) is 121 Å². The van der Waals surface area contributed by atoms with Crippen molar-refractivity contribution in [3.05, 3.63) is 60.6 Å². The van der Waals surface area contributed by atoms with E-state index in [9.17, 15) is 4.79 Å². The Balaban J connectivity index is 0.00000136. The molecule has 1 saturated heterocycles. The van der Waals surface area contributed by atoms with E-state index in [0.717, 1.165) is 76.0 Å². The molecule has 9 nitrogen and oxygen atoms in total. The van der Waals surface area contributed by atoms with Crippen molar-refractivity contribution < 1.29 is 24.0 Å². The van der Waals surface area contributed by atoms with Crippen LogP contribution >= 0.6 is 0 Å². The molecule has 0 radical (unpaired) electrons. The molecule has 3 saturated carbocycles. The maximum absolute atomic E-state index is 12.8. The van der Waals surface area contributed by atoms with Crippen LogP contribution in [-0.4, -0.2) is 70.3 Å². The van der Waals surface area contributed by atoms with E-state index in [2.05, 4.69) is 93.3 Å². The predicted molar refractivity (Wildman–Crippen MR) is 201 cm³/mol. The van der Waals surface area contributed by atoms with Crippen molar-refractivity contribution in [1.29, 1.82) is 0 Å². The van der Waals surface area contributed by atoms with Crippen molar-refractivity contribution in [2.45, 2.75) is 118 Å². The number of nitrogens with one attached hydrogen (secondary N) is 4. The zero-order valence-electron chi connectivity index (χ0n) is 31.7. The van der Waals surface area contributed by atoms with Crippen molar-refractivity contribution in [1.82, 2.24) is 21.3 Å². The van der Waals surface area contributed by atoms with Gasteiger partial charge in [-0.05, 0) is 80.1 Å². The SMILES string of the molecule is C=C(CCCCc1ccccc1)NCC(=O)NC(CC(C)C)B1OC2CC3CC(C2O1)C3(C)C.C=C(NC)NCCC.C=O.CC.CO. The normalized spacial score (nSPS) is 21.3. The van der Waals surface area contributed by atoms with E-state index in [1.54, 1.807) is 0 Å². The van der Waals surface area contributed by atoms with Crippen LogP contribution in [0.1, 0.15) is 99.0 Å². The molecule has 1 amide bonds. The Kier molecular flexibility index (Phi) is 23.7. The van der Waals surface area contributed by atoms with Gasteiger partial charge in [-0.25, -0.2) is 0 Å². The highest BCUT2D eigenvalue weighted by Gasteiger charge is 2.62. The number of hydrogen-bond donors (Lipinski definition) is 5. The van der Waals surface area contributed by atoms with Crippen molar-refractivity contribution in [3.8, 4) is 0 Å². The summed E-state index contributed by atoms with van der Waals surface area (Å²) >= 11 is 0. The maximum Gasteiger partial charge on any atom is 0.481 e. The molecule has 1 heterocycles. The molecule has 0 aromatic heterocycles. The number of carbonyl (C=O) groups is 2. The quantitative estimate of drug-likeness (QED) is 0.107. The summed E-state index contributed by atoms with van der Waals surface area (Å²) in [5.41, 5.74) is 2.64. The summed E-state index contributed by atoms with van der Waals surface area (Å²) in [6, 6.07) is 10.6. The Labute approximate surface area is 293 Å². The lowest BCUT2D eigenvalue weighted by Gasteiger charge is -2.60. The first-order valence-electron chi connectivity index (χ1n) is 17.9. The lowest BCUT2D eigenvalue weighted by Crippen LogP contribution is -2.59. The molecule has 4 aliphatic rings. The third-order valence-electron chi connectivity index (χ3n) is 9.25. The summed E-state index contributed by atoms with van der Waals surface area (Å²) in [6.45, 7) is 26.2.